The summed E-state index contributed by atoms with van der Waals surface area (Å²) in [6.07, 6.45) is 0.323. The number of amides is 1. The van der Waals surface area contributed by atoms with Gasteiger partial charge in [-0.25, -0.2) is 8.42 Å². The molecule has 1 unspecified atom stereocenters. The van der Waals surface area contributed by atoms with Crippen molar-refractivity contribution in [1.29, 1.82) is 0 Å². The third-order valence-corrected chi connectivity index (χ3v) is 6.19. The van der Waals surface area contributed by atoms with Crippen molar-refractivity contribution in [3.8, 4) is 0 Å². The van der Waals surface area contributed by atoms with Gasteiger partial charge in [0.2, 0.25) is 0 Å². The summed E-state index contributed by atoms with van der Waals surface area (Å²) in [5.74, 6) is -1.01. The zero-order valence-corrected chi connectivity index (χ0v) is 15.3. The van der Waals surface area contributed by atoms with Crippen molar-refractivity contribution in [2.24, 2.45) is 0 Å². The molecule has 1 aliphatic heterocycles. The Kier molecular flexibility index (Phi) is 6.11. The number of carbonyl (C=O) groups is 2. The quantitative estimate of drug-likeness (QED) is 0.711. The maximum Gasteiger partial charge on any atom is 0.310 e. The third kappa shape index (κ3) is 5.09. The molecule has 1 aromatic rings. The van der Waals surface area contributed by atoms with Crippen LogP contribution in [0.15, 0.2) is 18.2 Å². The number of halogens is 2. The van der Waals surface area contributed by atoms with Crippen molar-refractivity contribution in [2.75, 3.05) is 25.2 Å². The SMILES string of the molecule is CN(C(=O)COC(=O)Cc1ccc(Cl)cc1Cl)C1CCS(=O)(=O)C1. The van der Waals surface area contributed by atoms with Crippen LogP contribution in [0, 0.1) is 0 Å². The molecular weight excluding hydrogens is 377 g/mol. The molecule has 1 aliphatic rings. The highest BCUT2D eigenvalue weighted by Crippen LogP contribution is 2.21. The summed E-state index contributed by atoms with van der Waals surface area (Å²) in [5, 5.41) is 0.805. The number of esters is 1. The van der Waals surface area contributed by atoms with Crippen molar-refractivity contribution in [3.63, 3.8) is 0 Å². The van der Waals surface area contributed by atoms with Crippen LogP contribution in [0.3, 0.4) is 0 Å². The van der Waals surface area contributed by atoms with E-state index >= 15 is 0 Å². The van der Waals surface area contributed by atoms with Gasteiger partial charge in [0.25, 0.3) is 5.91 Å². The Bertz CT molecular complexity index is 750. The monoisotopic (exact) mass is 393 g/mol. The van der Waals surface area contributed by atoms with Gasteiger partial charge in [0.1, 0.15) is 0 Å². The van der Waals surface area contributed by atoms with Crippen LogP contribution in [0.2, 0.25) is 10.0 Å². The number of benzene rings is 1. The van der Waals surface area contributed by atoms with Gasteiger partial charge in [-0.3, -0.25) is 9.59 Å². The Morgan fingerprint density at radius 1 is 1.33 bits per heavy atom. The second-order valence-electron chi connectivity index (χ2n) is 5.63. The Hall–Kier alpha value is -1.31. The largest absolute Gasteiger partial charge is 0.455 e. The highest BCUT2D eigenvalue weighted by molar-refractivity contribution is 7.91. The highest BCUT2D eigenvalue weighted by atomic mass is 35.5. The van der Waals surface area contributed by atoms with Gasteiger partial charge in [0.15, 0.2) is 16.4 Å². The predicted octanol–water partition coefficient (Wildman–Crippen LogP) is 1.72. The molecule has 1 fully saturated rings. The van der Waals surface area contributed by atoms with Crippen molar-refractivity contribution >= 4 is 44.9 Å². The lowest BCUT2D eigenvalue weighted by molar-refractivity contribution is -0.151. The Balaban J connectivity index is 1.84. The van der Waals surface area contributed by atoms with Crippen LogP contribution in [0.25, 0.3) is 0 Å². The number of sulfone groups is 1. The van der Waals surface area contributed by atoms with E-state index in [1.807, 2.05) is 0 Å². The molecule has 0 radical (unpaired) electrons. The predicted molar refractivity (Wildman–Crippen MR) is 91.0 cm³/mol. The van der Waals surface area contributed by atoms with E-state index in [-0.39, 0.29) is 24.0 Å². The zero-order valence-electron chi connectivity index (χ0n) is 13.0. The molecule has 132 valence electrons. The molecule has 1 saturated heterocycles. The lowest BCUT2D eigenvalue weighted by Gasteiger charge is -2.23. The molecule has 24 heavy (non-hydrogen) atoms. The summed E-state index contributed by atoms with van der Waals surface area (Å²) in [7, 11) is -1.57. The lowest BCUT2D eigenvalue weighted by Crippen LogP contribution is -2.40. The van der Waals surface area contributed by atoms with Gasteiger partial charge in [-0.05, 0) is 24.1 Å². The number of rotatable bonds is 5. The first-order valence-corrected chi connectivity index (χ1v) is 9.81. The van der Waals surface area contributed by atoms with E-state index in [2.05, 4.69) is 0 Å². The molecule has 0 aromatic heterocycles. The summed E-state index contributed by atoms with van der Waals surface area (Å²) in [6, 6.07) is 4.37. The number of ether oxygens (including phenoxy) is 1. The summed E-state index contributed by atoms with van der Waals surface area (Å²) in [6.45, 7) is -0.433. The van der Waals surface area contributed by atoms with Crippen LogP contribution >= 0.6 is 23.2 Å². The normalized spacial score (nSPS) is 19.0. The number of likely N-dealkylation sites (N-methyl/N-ethyl adjacent to an activating group) is 1. The molecule has 0 spiro atoms. The molecule has 1 heterocycles. The Labute approximate surface area is 150 Å². The number of nitrogens with zero attached hydrogens (tertiary/aromatic N) is 1. The summed E-state index contributed by atoms with van der Waals surface area (Å²) in [5.41, 5.74) is 0.550. The fraction of sp³-hybridized carbons (Fsp3) is 0.467. The first-order chi connectivity index (χ1) is 11.2. The van der Waals surface area contributed by atoms with Gasteiger partial charge >= 0.3 is 5.97 Å². The van der Waals surface area contributed by atoms with E-state index in [4.69, 9.17) is 27.9 Å². The molecular formula is C15H17Cl2NO5S. The average Bonchev–Trinajstić information content (AvgIpc) is 2.87. The smallest absolute Gasteiger partial charge is 0.310 e. The van der Waals surface area contributed by atoms with Crippen molar-refractivity contribution in [2.45, 2.75) is 18.9 Å². The van der Waals surface area contributed by atoms with E-state index < -0.39 is 28.3 Å². The van der Waals surface area contributed by atoms with Crippen LogP contribution < -0.4 is 0 Å². The van der Waals surface area contributed by atoms with Crippen molar-refractivity contribution < 1.29 is 22.7 Å². The standard InChI is InChI=1S/C15H17Cl2NO5S/c1-18(12-4-5-24(21,22)9-12)14(19)8-23-15(20)6-10-2-3-11(16)7-13(10)17/h2-3,7,12H,4-6,8-9H2,1H3. The van der Waals surface area contributed by atoms with Crippen LogP contribution in [0.5, 0.6) is 0 Å². The highest BCUT2D eigenvalue weighted by Gasteiger charge is 2.32. The lowest BCUT2D eigenvalue weighted by atomic mass is 10.1. The van der Waals surface area contributed by atoms with Crippen LogP contribution in [0.1, 0.15) is 12.0 Å². The third-order valence-electron chi connectivity index (χ3n) is 3.86. The van der Waals surface area contributed by atoms with E-state index in [1.165, 1.54) is 18.0 Å². The Morgan fingerprint density at radius 3 is 2.62 bits per heavy atom. The maximum absolute atomic E-state index is 12.0. The van der Waals surface area contributed by atoms with E-state index in [9.17, 15) is 18.0 Å². The van der Waals surface area contributed by atoms with Gasteiger partial charge in [-0.15, -0.1) is 0 Å². The van der Waals surface area contributed by atoms with Gasteiger partial charge in [0.05, 0.1) is 17.9 Å². The van der Waals surface area contributed by atoms with E-state index in [0.717, 1.165) is 0 Å². The number of hydrogen-bond acceptors (Lipinski definition) is 5. The Morgan fingerprint density at radius 2 is 2.04 bits per heavy atom. The van der Waals surface area contributed by atoms with Gasteiger partial charge < -0.3 is 9.64 Å². The van der Waals surface area contributed by atoms with Gasteiger partial charge in [-0.2, -0.15) is 0 Å². The molecule has 0 saturated carbocycles. The van der Waals surface area contributed by atoms with Crippen molar-refractivity contribution in [3.05, 3.63) is 33.8 Å². The second kappa shape index (κ2) is 7.72. The number of carbonyl (C=O) groups excluding carboxylic acids is 2. The second-order valence-corrected chi connectivity index (χ2v) is 8.71. The summed E-state index contributed by atoms with van der Waals surface area (Å²) in [4.78, 5) is 25.2. The minimum absolute atomic E-state index is 0.0520. The summed E-state index contributed by atoms with van der Waals surface area (Å²) < 4.78 is 27.9. The maximum atomic E-state index is 12.0. The average molecular weight is 394 g/mol. The first kappa shape index (κ1) is 19.0. The molecule has 1 aromatic carbocycles. The van der Waals surface area contributed by atoms with E-state index in [1.54, 1.807) is 12.1 Å². The summed E-state index contributed by atoms with van der Waals surface area (Å²) >= 11 is 11.8. The van der Waals surface area contributed by atoms with E-state index in [0.29, 0.717) is 22.0 Å². The van der Waals surface area contributed by atoms with Gasteiger partial charge in [0, 0.05) is 23.1 Å². The minimum Gasteiger partial charge on any atom is -0.455 e. The van der Waals surface area contributed by atoms with Crippen LogP contribution in [-0.2, 0) is 30.6 Å². The van der Waals surface area contributed by atoms with Crippen molar-refractivity contribution in [1.82, 2.24) is 4.90 Å². The molecule has 9 heteroatoms. The molecule has 2 rings (SSSR count). The topological polar surface area (TPSA) is 80.8 Å². The molecule has 1 atom stereocenters. The van der Waals surface area contributed by atoms with Crippen LogP contribution in [-0.4, -0.2) is 56.4 Å². The fourth-order valence-corrected chi connectivity index (χ4v) is 4.65. The zero-order chi connectivity index (χ0) is 17.9. The number of hydrogen-bond donors (Lipinski definition) is 0. The molecule has 0 aliphatic carbocycles. The minimum atomic E-state index is -3.08. The fourth-order valence-electron chi connectivity index (χ4n) is 2.40. The molecule has 6 nitrogen and oxygen atoms in total. The van der Waals surface area contributed by atoms with Crippen LogP contribution in [0.4, 0.5) is 0 Å². The molecule has 1 amide bonds. The van der Waals surface area contributed by atoms with Gasteiger partial charge in [-0.1, -0.05) is 29.3 Å². The molecule has 0 N–H and O–H groups in total. The molecule has 0 bridgehead atoms. The first-order valence-electron chi connectivity index (χ1n) is 7.23.